The van der Waals surface area contributed by atoms with Crippen LogP contribution in [0.1, 0.15) is 29.2 Å². The molecule has 0 unspecified atom stereocenters. The van der Waals surface area contributed by atoms with Crippen molar-refractivity contribution in [3.63, 3.8) is 0 Å². The number of carboxylic acids is 1. The Morgan fingerprint density at radius 3 is 2.52 bits per heavy atom. The average Bonchev–Trinajstić information content (AvgIpc) is 3.58. The van der Waals surface area contributed by atoms with E-state index in [9.17, 15) is 27.5 Å². The molecule has 31 heavy (non-hydrogen) atoms. The van der Waals surface area contributed by atoms with Crippen molar-refractivity contribution in [3.8, 4) is 11.3 Å². The maximum atomic E-state index is 14.9. The number of pyridine rings is 2. The van der Waals surface area contributed by atoms with Crippen molar-refractivity contribution < 1.29 is 27.8 Å². The number of carbonyl (C=O) groups is 1. The third-order valence-electron chi connectivity index (χ3n) is 4.97. The number of fused-ring (bicyclic) bond motifs is 1. The van der Waals surface area contributed by atoms with Crippen molar-refractivity contribution in [1.29, 1.82) is 0 Å². The van der Waals surface area contributed by atoms with Crippen LogP contribution in [0.2, 0.25) is 0 Å². The van der Waals surface area contributed by atoms with E-state index in [0.29, 0.717) is 0 Å². The van der Waals surface area contributed by atoms with Gasteiger partial charge >= 0.3 is 5.97 Å². The topological polar surface area (TPSA) is 139 Å². The minimum absolute atomic E-state index is 0.0165. The summed E-state index contributed by atoms with van der Waals surface area (Å²) in [6.07, 6.45) is 2.82. The van der Waals surface area contributed by atoms with Gasteiger partial charge in [0.05, 0.1) is 16.9 Å². The molecule has 1 aliphatic carbocycles. The van der Waals surface area contributed by atoms with E-state index in [0.717, 1.165) is 18.9 Å². The first-order chi connectivity index (χ1) is 14.7. The summed E-state index contributed by atoms with van der Waals surface area (Å²) in [6.45, 7) is -0.488. The molecule has 0 radical (unpaired) electrons. The molecule has 0 bridgehead atoms. The standard InChI is InChI=1S/C20H18FN3O6S/c21-16-9-14-18(26)15(20(27)28)10-24(12-3-4-12)19(14)23-17(16)11-1-5-13(6-2-11)31(29,30)22-7-8-25/h1-2,5-6,9-10,12,22,25H,3-4,7-8H2,(H,27,28). The van der Waals surface area contributed by atoms with Gasteiger partial charge in [-0.1, -0.05) is 12.1 Å². The highest BCUT2D eigenvalue weighted by molar-refractivity contribution is 7.89. The zero-order valence-electron chi connectivity index (χ0n) is 16.1. The zero-order valence-corrected chi connectivity index (χ0v) is 16.9. The molecule has 2 heterocycles. The Bertz CT molecular complexity index is 1350. The summed E-state index contributed by atoms with van der Waals surface area (Å²) < 4.78 is 42.9. The van der Waals surface area contributed by atoms with Crippen molar-refractivity contribution in [2.24, 2.45) is 0 Å². The van der Waals surface area contributed by atoms with Crippen LogP contribution in [0, 0.1) is 5.82 Å². The van der Waals surface area contributed by atoms with Gasteiger partial charge in [-0.2, -0.15) is 0 Å². The third kappa shape index (κ3) is 3.94. The Balaban J connectivity index is 1.83. The fourth-order valence-corrected chi connectivity index (χ4v) is 4.31. The summed E-state index contributed by atoms with van der Waals surface area (Å²) in [5, 5.41) is 18.0. The van der Waals surface area contributed by atoms with Crippen molar-refractivity contribution in [3.05, 3.63) is 58.1 Å². The summed E-state index contributed by atoms with van der Waals surface area (Å²) in [5.41, 5.74) is -0.878. The van der Waals surface area contributed by atoms with Gasteiger partial charge < -0.3 is 14.8 Å². The first kappa shape index (κ1) is 21.1. The minimum Gasteiger partial charge on any atom is -0.477 e. The molecule has 2 aromatic heterocycles. The Hall–Kier alpha value is -3.15. The molecular weight excluding hydrogens is 429 g/mol. The van der Waals surface area contributed by atoms with E-state index in [1.165, 1.54) is 30.5 Å². The summed E-state index contributed by atoms with van der Waals surface area (Å²) in [5.74, 6) is -2.22. The SMILES string of the molecule is O=C(O)c1cn(C2CC2)c2nc(-c3ccc(S(=O)(=O)NCCO)cc3)c(F)cc2c1=O. The number of nitrogens with zero attached hydrogens (tertiary/aromatic N) is 2. The molecule has 1 aliphatic rings. The van der Waals surface area contributed by atoms with Crippen LogP contribution in [-0.2, 0) is 10.0 Å². The molecule has 9 nitrogen and oxygen atoms in total. The van der Waals surface area contributed by atoms with Crippen LogP contribution in [-0.4, -0.2) is 47.3 Å². The minimum atomic E-state index is -3.82. The smallest absolute Gasteiger partial charge is 0.341 e. The van der Waals surface area contributed by atoms with E-state index in [2.05, 4.69) is 9.71 Å². The normalized spacial score (nSPS) is 14.1. The first-order valence-electron chi connectivity index (χ1n) is 9.42. The lowest BCUT2D eigenvalue weighted by Crippen LogP contribution is -2.26. The van der Waals surface area contributed by atoms with Gasteiger partial charge in [-0.05, 0) is 31.0 Å². The van der Waals surface area contributed by atoms with E-state index in [-0.39, 0.29) is 46.4 Å². The largest absolute Gasteiger partial charge is 0.477 e. The molecule has 1 fully saturated rings. The van der Waals surface area contributed by atoms with E-state index in [4.69, 9.17) is 5.11 Å². The number of hydrogen-bond donors (Lipinski definition) is 3. The number of halogens is 1. The van der Waals surface area contributed by atoms with Crippen molar-refractivity contribution in [2.45, 2.75) is 23.8 Å². The van der Waals surface area contributed by atoms with Crippen LogP contribution < -0.4 is 10.2 Å². The molecule has 0 aliphatic heterocycles. The van der Waals surface area contributed by atoms with Gasteiger partial charge in [0.15, 0.2) is 0 Å². The number of aromatic carboxylic acids is 1. The van der Waals surface area contributed by atoms with Crippen LogP contribution >= 0.6 is 0 Å². The van der Waals surface area contributed by atoms with Crippen LogP contribution in [0.3, 0.4) is 0 Å². The molecule has 1 saturated carbocycles. The zero-order chi connectivity index (χ0) is 22.3. The van der Waals surface area contributed by atoms with Gasteiger partial charge in [-0.15, -0.1) is 0 Å². The number of carboxylic acid groups (broad SMARTS) is 1. The Labute approximate surface area is 175 Å². The molecular formula is C20H18FN3O6S. The second-order valence-electron chi connectivity index (χ2n) is 7.15. The Kier molecular flexibility index (Phi) is 5.33. The predicted molar refractivity (Wildman–Crippen MR) is 109 cm³/mol. The van der Waals surface area contributed by atoms with Crippen molar-refractivity contribution >= 4 is 27.0 Å². The van der Waals surface area contributed by atoms with Gasteiger partial charge in [0, 0.05) is 24.3 Å². The van der Waals surface area contributed by atoms with E-state index in [1.54, 1.807) is 4.57 Å². The van der Waals surface area contributed by atoms with Crippen molar-refractivity contribution in [2.75, 3.05) is 13.2 Å². The summed E-state index contributed by atoms with van der Waals surface area (Å²) in [7, 11) is -3.82. The molecule has 3 N–H and O–H groups in total. The highest BCUT2D eigenvalue weighted by Crippen LogP contribution is 2.37. The average molecular weight is 447 g/mol. The molecule has 4 rings (SSSR count). The number of hydrogen-bond acceptors (Lipinski definition) is 6. The third-order valence-corrected chi connectivity index (χ3v) is 6.45. The summed E-state index contributed by atoms with van der Waals surface area (Å²) >= 11 is 0. The lowest BCUT2D eigenvalue weighted by atomic mass is 10.1. The van der Waals surface area contributed by atoms with E-state index >= 15 is 0 Å². The van der Waals surface area contributed by atoms with Gasteiger partial charge in [-0.3, -0.25) is 4.79 Å². The number of aliphatic hydroxyl groups is 1. The second-order valence-corrected chi connectivity index (χ2v) is 8.92. The number of aromatic nitrogens is 2. The molecule has 162 valence electrons. The van der Waals surface area contributed by atoms with Gasteiger partial charge in [0.2, 0.25) is 15.5 Å². The highest BCUT2D eigenvalue weighted by Gasteiger charge is 2.28. The molecule has 0 amide bonds. The van der Waals surface area contributed by atoms with E-state index < -0.39 is 32.8 Å². The fourth-order valence-electron chi connectivity index (χ4n) is 3.29. The van der Waals surface area contributed by atoms with Crippen LogP contribution in [0.4, 0.5) is 4.39 Å². The van der Waals surface area contributed by atoms with Crippen LogP contribution in [0.15, 0.2) is 46.2 Å². The quantitative estimate of drug-likeness (QED) is 0.499. The van der Waals surface area contributed by atoms with Crippen molar-refractivity contribution in [1.82, 2.24) is 14.3 Å². The molecule has 3 aromatic rings. The molecule has 1 aromatic carbocycles. The predicted octanol–water partition coefficient (Wildman–Crippen LogP) is 1.51. The lowest BCUT2D eigenvalue weighted by molar-refractivity contribution is 0.0694. The van der Waals surface area contributed by atoms with Crippen LogP contribution in [0.5, 0.6) is 0 Å². The van der Waals surface area contributed by atoms with Gasteiger partial charge in [0.1, 0.15) is 22.7 Å². The number of aliphatic hydroxyl groups excluding tert-OH is 1. The lowest BCUT2D eigenvalue weighted by Gasteiger charge is -2.13. The molecule has 0 atom stereocenters. The Morgan fingerprint density at radius 1 is 1.26 bits per heavy atom. The number of benzene rings is 1. The number of nitrogens with one attached hydrogen (secondary N) is 1. The molecule has 0 spiro atoms. The Morgan fingerprint density at radius 2 is 1.94 bits per heavy atom. The number of rotatable bonds is 7. The highest BCUT2D eigenvalue weighted by atomic mass is 32.2. The van der Waals surface area contributed by atoms with Crippen LogP contribution in [0.25, 0.3) is 22.3 Å². The fraction of sp³-hybridized carbons (Fsp3) is 0.250. The van der Waals surface area contributed by atoms with Gasteiger partial charge in [0.25, 0.3) is 0 Å². The summed E-state index contributed by atoms with van der Waals surface area (Å²) in [4.78, 5) is 28.2. The first-order valence-corrected chi connectivity index (χ1v) is 10.9. The monoisotopic (exact) mass is 447 g/mol. The number of sulfonamides is 1. The maximum absolute atomic E-state index is 14.9. The second kappa shape index (κ2) is 7.84. The van der Waals surface area contributed by atoms with E-state index in [1.807, 2.05) is 0 Å². The molecule has 0 saturated heterocycles. The molecule has 11 heteroatoms. The van der Waals surface area contributed by atoms with Gasteiger partial charge in [-0.25, -0.2) is 27.3 Å². The maximum Gasteiger partial charge on any atom is 0.341 e. The summed E-state index contributed by atoms with van der Waals surface area (Å²) in [6, 6.07) is 6.28.